The van der Waals surface area contributed by atoms with E-state index >= 15 is 0 Å². The smallest absolute Gasteiger partial charge is 0.249 e. The standard InChI is InChI=1S/C20H22ClNO2/c1-15(17-7-9-18(21)10-8-17)22(19-11-12-19)20(23)14-24-13-16-5-3-2-4-6-16/h2-10,15,19H,11-14H2,1H3. The van der Waals surface area contributed by atoms with Crippen LogP contribution in [-0.2, 0) is 16.1 Å². The number of amides is 1. The Labute approximate surface area is 148 Å². The van der Waals surface area contributed by atoms with Crippen molar-refractivity contribution in [2.75, 3.05) is 6.61 Å². The largest absolute Gasteiger partial charge is 0.367 e. The van der Waals surface area contributed by atoms with Gasteiger partial charge in [0.25, 0.3) is 0 Å². The maximum absolute atomic E-state index is 12.7. The summed E-state index contributed by atoms with van der Waals surface area (Å²) in [5, 5.41) is 0.710. The molecule has 1 fully saturated rings. The van der Waals surface area contributed by atoms with Crippen LogP contribution >= 0.6 is 11.6 Å². The van der Waals surface area contributed by atoms with Crippen LogP contribution in [0, 0.1) is 0 Å². The molecule has 0 heterocycles. The van der Waals surface area contributed by atoms with Crippen LogP contribution in [0.4, 0.5) is 0 Å². The van der Waals surface area contributed by atoms with Gasteiger partial charge in [-0.2, -0.15) is 0 Å². The molecule has 3 nitrogen and oxygen atoms in total. The van der Waals surface area contributed by atoms with E-state index in [4.69, 9.17) is 16.3 Å². The molecule has 0 saturated heterocycles. The summed E-state index contributed by atoms with van der Waals surface area (Å²) in [4.78, 5) is 14.6. The van der Waals surface area contributed by atoms with Gasteiger partial charge in [0.05, 0.1) is 12.6 Å². The number of halogens is 1. The molecule has 1 saturated carbocycles. The van der Waals surface area contributed by atoms with Gasteiger partial charge in [-0.05, 0) is 43.0 Å². The van der Waals surface area contributed by atoms with Gasteiger partial charge in [0.1, 0.15) is 6.61 Å². The zero-order valence-corrected chi connectivity index (χ0v) is 14.6. The van der Waals surface area contributed by atoms with E-state index in [2.05, 4.69) is 6.92 Å². The molecule has 0 spiro atoms. The average Bonchev–Trinajstić information content (AvgIpc) is 3.41. The first-order valence-electron chi connectivity index (χ1n) is 8.33. The van der Waals surface area contributed by atoms with Gasteiger partial charge in [-0.25, -0.2) is 0 Å². The van der Waals surface area contributed by atoms with E-state index < -0.39 is 0 Å². The van der Waals surface area contributed by atoms with Crippen molar-refractivity contribution in [1.29, 1.82) is 0 Å². The molecule has 2 aromatic carbocycles. The first-order chi connectivity index (χ1) is 11.6. The van der Waals surface area contributed by atoms with Gasteiger partial charge in [-0.15, -0.1) is 0 Å². The normalized spacial score (nSPS) is 15.1. The van der Waals surface area contributed by atoms with E-state index in [9.17, 15) is 4.79 Å². The third-order valence-electron chi connectivity index (χ3n) is 4.34. The molecule has 126 valence electrons. The number of benzene rings is 2. The second-order valence-electron chi connectivity index (χ2n) is 6.24. The van der Waals surface area contributed by atoms with Crippen molar-refractivity contribution in [1.82, 2.24) is 4.90 Å². The highest BCUT2D eigenvalue weighted by atomic mass is 35.5. The van der Waals surface area contributed by atoms with Crippen LogP contribution in [-0.4, -0.2) is 23.5 Å². The summed E-state index contributed by atoms with van der Waals surface area (Å²) < 4.78 is 5.63. The Balaban J connectivity index is 1.60. The van der Waals surface area contributed by atoms with Crippen molar-refractivity contribution in [2.45, 2.75) is 38.5 Å². The molecule has 1 amide bonds. The maximum Gasteiger partial charge on any atom is 0.249 e. The van der Waals surface area contributed by atoms with Crippen LogP contribution < -0.4 is 0 Å². The van der Waals surface area contributed by atoms with E-state index in [-0.39, 0.29) is 18.6 Å². The summed E-state index contributed by atoms with van der Waals surface area (Å²) in [7, 11) is 0. The fourth-order valence-corrected chi connectivity index (χ4v) is 3.02. The number of hydrogen-bond acceptors (Lipinski definition) is 2. The van der Waals surface area contributed by atoms with Gasteiger partial charge in [-0.1, -0.05) is 54.1 Å². The topological polar surface area (TPSA) is 29.5 Å². The Morgan fingerprint density at radius 3 is 2.46 bits per heavy atom. The number of nitrogens with zero attached hydrogens (tertiary/aromatic N) is 1. The van der Waals surface area contributed by atoms with Crippen LogP contribution in [0.5, 0.6) is 0 Å². The van der Waals surface area contributed by atoms with Crippen LogP contribution in [0.15, 0.2) is 54.6 Å². The lowest BCUT2D eigenvalue weighted by Crippen LogP contribution is -2.38. The van der Waals surface area contributed by atoms with Crippen molar-refractivity contribution in [2.24, 2.45) is 0 Å². The van der Waals surface area contributed by atoms with Crippen molar-refractivity contribution in [3.8, 4) is 0 Å². The molecule has 1 aliphatic carbocycles. The third-order valence-corrected chi connectivity index (χ3v) is 4.59. The maximum atomic E-state index is 12.7. The van der Waals surface area contributed by atoms with E-state index in [1.165, 1.54) is 0 Å². The molecule has 0 aliphatic heterocycles. The lowest BCUT2D eigenvalue weighted by Gasteiger charge is -2.30. The molecule has 4 heteroatoms. The lowest BCUT2D eigenvalue weighted by atomic mass is 10.1. The highest BCUT2D eigenvalue weighted by Crippen LogP contribution is 2.34. The molecule has 24 heavy (non-hydrogen) atoms. The van der Waals surface area contributed by atoms with Crippen LogP contribution in [0.25, 0.3) is 0 Å². The third kappa shape index (κ3) is 4.37. The molecule has 0 N–H and O–H groups in total. The van der Waals surface area contributed by atoms with E-state index in [0.29, 0.717) is 17.7 Å². The number of carbonyl (C=O) groups is 1. The number of carbonyl (C=O) groups excluding carboxylic acids is 1. The van der Waals surface area contributed by atoms with Crippen molar-refractivity contribution in [3.05, 3.63) is 70.7 Å². The van der Waals surface area contributed by atoms with Gasteiger partial charge >= 0.3 is 0 Å². The molecule has 2 aromatic rings. The van der Waals surface area contributed by atoms with Gasteiger partial charge in [0.15, 0.2) is 0 Å². The molecule has 1 atom stereocenters. The summed E-state index contributed by atoms with van der Waals surface area (Å²) in [6.45, 7) is 2.64. The monoisotopic (exact) mass is 343 g/mol. The SMILES string of the molecule is CC(c1ccc(Cl)cc1)N(C(=O)COCc1ccccc1)C1CC1. The lowest BCUT2D eigenvalue weighted by molar-refractivity contribution is -0.139. The van der Waals surface area contributed by atoms with Crippen LogP contribution in [0.1, 0.15) is 36.9 Å². The highest BCUT2D eigenvalue weighted by molar-refractivity contribution is 6.30. The summed E-state index contributed by atoms with van der Waals surface area (Å²) >= 11 is 5.96. The molecule has 3 rings (SSSR count). The quantitative estimate of drug-likeness (QED) is 0.734. The summed E-state index contributed by atoms with van der Waals surface area (Å²) in [6.07, 6.45) is 2.14. The molecule has 1 unspecified atom stereocenters. The summed E-state index contributed by atoms with van der Waals surface area (Å²) in [5.74, 6) is 0.0517. The van der Waals surface area contributed by atoms with Crippen LogP contribution in [0.2, 0.25) is 5.02 Å². The van der Waals surface area contributed by atoms with E-state index in [1.807, 2.05) is 59.5 Å². The fourth-order valence-electron chi connectivity index (χ4n) is 2.90. The second-order valence-corrected chi connectivity index (χ2v) is 6.67. The molecule has 0 bridgehead atoms. The Morgan fingerprint density at radius 2 is 1.83 bits per heavy atom. The van der Waals surface area contributed by atoms with Gasteiger partial charge < -0.3 is 9.64 Å². The minimum absolute atomic E-state index is 0.0302. The molecular weight excluding hydrogens is 322 g/mol. The first kappa shape index (κ1) is 17.0. The Kier molecular flexibility index (Phi) is 5.54. The van der Waals surface area contributed by atoms with Crippen LogP contribution in [0.3, 0.4) is 0 Å². The summed E-state index contributed by atoms with van der Waals surface area (Å²) in [6, 6.07) is 18.0. The Hall–Kier alpha value is -1.84. The molecule has 0 aromatic heterocycles. The van der Waals surface area contributed by atoms with Crippen molar-refractivity contribution >= 4 is 17.5 Å². The zero-order valence-electron chi connectivity index (χ0n) is 13.8. The predicted octanol–water partition coefficient (Wildman–Crippen LogP) is 4.61. The minimum atomic E-state index is 0.0302. The Bertz CT molecular complexity index is 668. The zero-order chi connectivity index (χ0) is 16.9. The molecule has 0 radical (unpaired) electrons. The molecular formula is C20H22ClNO2. The van der Waals surface area contributed by atoms with E-state index in [1.54, 1.807) is 0 Å². The average molecular weight is 344 g/mol. The number of ether oxygens (including phenoxy) is 1. The Morgan fingerprint density at radius 1 is 1.17 bits per heavy atom. The second kappa shape index (κ2) is 7.82. The fraction of sp³-hybridized carbons (Fsp3) is 0.350. The van der Waals surface area contributed by atoms with Crippen molar-refractivity contribution in [3.63, 3.8) is 0 Å². The number of hydrogen-bond donors (Lipinski definition) is 0. The van der Waals surface area contributed by atoms with Crippen molar-refractivity contribution < 1.29 is 9.53 Å². The van der Waals surface area contributed by atoms with Gasteiger partial charge in [-0.3, -0.25) is 4.79 Å². The van der Waals surface area contributed by atoms with Gasteiger partial charge in [0, 0.05) is 11.1 Å². The predicted molar refractivity (Wildman–Crippen MR) is 95.8 cm³/mol. The first-order valence-corrected chi connectivity index (χ1v) is 8.71. The van der Waals surface area contributed by atoms with E-state index in [0.717, 1.165) is 24.0 Å². The minimum Gasteiger partial charge on any atom is -0.367 e. The number of rotatable bonds is 7. The summed E-state index contributed by atoms with van der Waals surface area (Å²) in [5.41, 5.74) is 2.18. The molecule has 1 aliphatic rings. The van der Waals surface area contributed by atoms with Gasteiger partial charge in [0.2, 0.25) is 5.91 Å². The highest BCUT2D eigenvalue weighted by Gasteiger charge is 2.36.